The topological polar surface area (TPSA) is 96.4 Å². The Labute approximate surface area is 124 Å². The van der Waals surface area contributed by atoms with Crippen molar-refractivity contribution < 1.29 is 22.7 Å². The summed E-state index contributed by atoms with van der Waals surface area (Å²) in [6.45, 7) is 0. The van der Waals surface area contributed by atoms with Crippen molar-refractivity contribution in [1.82, 2.24) is 4.98 Å². The van der Waals surface area contributed by atoms with Crippen LogP contribution < -0.4 is 4.72 Å². The normalized spacial score (nSPS) is 11.1. The minimum Gasteiger partial charge on any atom is -0.478 e. The lowest BCUT2D eigenvalue weighted by molar-refractivity contribution is 0.0697. The predicted molar refractivity (Wildman–Crippen MR) is 73.4 cm³/mol. The molecule has 0 aliphatic carbocycles. The van der Waals surface area contributed by atoms with Crippen molar-refractivity contribution >= 4 is 33.3 Å². The van der Waals surface area contributed by atoms with Gasteiger partial charge in [-0.05, 0) is 30.3 Å². The van der Waals surface area contributed by atoms with E-state index in [4.69, 9.17) is 16.7 Å². The summed E-state index contributed by atoms with van der Waals surface area (Å²) in [6, 6.07) is 5.41. The molecule has 2 aromatic rings. The summed E-state index contributed by atoms with van der Waals surface area (Å²) < 4.78 is 39.0. The molecule has 1 aromatic carbocycles. The van der Waals surface area contributed by atoms with Crippen LogP contribution in [0.1, 0.15) is 10.4 Å². The fourth-order valence-corrected chi connectivity index (χ4v) is 2.88. The molecule has 0 unspecified atom stereocenters. The number of carboxylic acid groups (broad SMARTS) is 1. The van der Waals surface area contributed by atoms with E-state index in [1.54, 1.807) is 0 Å². The van der Waals surface area contributed by atoms with Crippen molar-refractivity contribution in [2.45, 2.75) is 4.90 Å². The Morgan fingerprint density at radius 1 is 1.29 bits per heavy atom. The van der Waals surface area contributed by atoms with Crippen LogP contribution in [0.25, 0.3) is 0 Å². The van der Waals surface area contributed by atoms with E-state index >= 15 is 0 Å². The van der Waals surface area contributed by atoms with E-state index in [9.17, 15) is 17.6 Å². The van der Waals surface area contributed by atoms with Gasteiger partial charge in [-0.25, -0.2) is 18.2 Å². The number of halogens is 2. The number of nitrogens with one attached hydrogen (secondary N) is 1. The summed E-state index contributed by atoms with van der Waals surface area (Å²) in [6.07, 6.45) is 1.01. The average molecular weight is 331 g/mol. The number of carbonyl (C=O) groups is 1. The summed E-state index contributed by atoms with van der Waals surface area (Å²) in [5.41, 5.74) is -0.145. The van der Waals surface area contributed by atoms with Gasteiger partial charge in [0.25, 0.3) is 10.0 Å². The van der Waals surface area contributed by atoms with Crippen molar-refractivity contribution in [1.29, 1.82) is 0 Å². The molecule has 1 aromatic heterocycles. The summed E-state index contributed by atoms with van der Waals surface area (Å²) >= 11 is 5.72. The standard InChI is InChI=1S/C12H8ClFN2O4S/c13-10-5-8(2-3-9(10)12(17)18)21(19,20)16-7-1-4-11(14)15-6-7/h1-6,16H,(H,17,18). The molecule has 2 rings (SSSR count). The fraction of sp³-hybridized carbons (Fsp3) is 0. The van der Waals surface area contributed by atoms with Crippen molar-refractivity contribution in [3.05, 3.63) is 53.1 Å². The van der Waals surface area contributed by atoms with Gasteiger partial charge < -0.3 is 5.11 Å². The molecule has 0 aliphatic heterocycles. The lowest BCUT2D eigenvalue weighted by Crippen LogP contribution is -2.13. The molecule has 21 heavy (non-hydrogen) atoms. The molecule has 0 atom stereocenters. The third-order valence-corrected chi connectivity index (χ3v) is 4.15. The SMILES string of the molecule is O=C(O)c1ccc(S(=O)(=O)Nc2ccc(F)nc2)cc1Cl. The number of hydrogen-bond acceptors (Lipinski definition) is 4. The molecular formula is C12H8ClFN2O4S. The van der Waals surface area contributed by atoms with Crippen LogP contribution in [0.5, 0.6) is 0 Å². The molecule has 9 heteroatoms. The summed E-state index contributed by atoms with van der Waals surface area (Å²) in [5, 5.41) is 8.62. The minimum absolute atomic E-state index is 0.0647. The first-order chi connectivity index (χ1) is 9.79. The Morgan fingerprint density at radius 2 is 2.00 bits per heavy atom. The number of nitrogens with zero attached hydrogens (tertiary/aromatic N) is 1. The molecule has 110 valence electrons. The molecule has 0 amide bonds. The molecule has 0 bridgehead atoms. The first-order valence-corrected chi connectivity index (χ1v) is 7.33. The molecule has 0 saturated heterocycles. The third kappa shape index (κ3) is 3.47. The van der Waals surface area contributed by atoms with Gasteiger partial charge in [0.1, 0.15) is 0 Å². The second-order valence-electron chi connectivity index (χ2n) is 3.92. The highest BCUT2D eigenvalue weighted by atomic mass is 35.5. The average Bonchev–Trinajstić information content (AvgIpc) is 2.40. The Hall–Kier alpha value is -2.19. The zero-order valence-electron chi connectivity index (χ0n) is 10.2. The van der Waals surface area contributed by atoms with Crippen LogP contribution in [0.15, 0.2) is 41.4 Å². The van der Waals surface area contributed by atoms with Crippen LogP contribution >= 0.6 is 11.6 Å². The highest BCUT2D eigenvalue weighted by molar-refractivity contribution is 7.92. The van der Waals surface area contributed by atoms with Crippen LogP contribution in [-0.4, -0.2) is 24.5 Å². The van der Waals surface area contributed by atoms with E-state index in [0.717, 1.165) is 30.5 Å². The zero-order chi connectivity index (χ0) is 15.6. The van der Waals surface area contributed by atoms with Gasteiger partial charge in [-0.1, -0.05) is 11.6 Å². The van der Waals surface area contributed by atoms with Crippen LogP contribution in [0.2, 0.25) is 5.02 Å². The lowest BCUT2D eigenvalue weighted by atomic mass is 10.2. The molecular weight excluding hydrogens is 323 g/mol. The highest BCUT2D eigenvalue weighted by Gasteiger charge is 2.18. The monoisotopic (exact) mass is 330 g/mol. The minimum atomic E-state index is -3.98. The van der Waals surface area contributed by atoms with Gasteiger partial charge in [-0.2, -0.15) is 4.39 Å². The van der Waals surface area contributed by atoms with Crippen molar-refractivity contribution in [2.75, 3.05) is 4.72 Å². The zero-order valence-corrected chi connectivity index (χ0v) is 11.8. The first-order valence-electron chi connectivity index (χ1n) is 5.47. The van der Waals surface area contributed by atoms with Crippen LogP contribution in [0.3, 0.4) is 0 Å². The molecule has 0 radical (unpaired) electrons. The smallest absolute Gasteiger partial charge is 0.337 e. The Bertz CT molecular complexity index is 793. The van der Waals surface area contributed by atoms with Gasteiger partial charge in [0.2, 0.25) is 5.95 Å². The molecule has 0 fully saturated rings. The maximum absolute atomic E-state index is 12.7. The van der Waals surface area contributed by atoms with E-state index in [0.29, 0.717) is 0 Å². The number of anilines is 1. The molecule has 2 N–H and O–H groups in total. The lowest BCUT2D eigenvalue weighted by Gasteiger charge is -2.08. The number of benzene rings is 1. The van der Waals surface area contributed by atoms with Gasteiger partial charge in [0.15, 0.2) is 0 Å². The van der Waals surface area contributed by atoms with Gasteiger partial charge in [0, 0.05) is 0 Å². The van der Waals surface area contributed by atoms with Crippen LogP contribution in [0.4, 0.5) is 10.1 Å². The third-order valence-electron chi connectivity index (χ3n) is 2.46. The summed E-state index contributed by atoms with van der Waals surface area (Å²) in [7, 11) is -3.98. The van der Waals surface area contributed by atoms with Crippen LogP contribution in [-0.2, 0) is 10.0 Å². The number of hydrogen-bond donors (Lipinski definition) is 2. The van der Waals surface area contributed by atoms with Gasteiger partial charge >= 0.3 is 5.97 Å². The van der Waals surface area contributed by atoms with E-state index in [1.165, 1.54) is 6.07 Å². The largest absolute Gasteiger partial charge is 0.478 e. The maximum atomic E-state index is 12.7. The van der Waals surface area contributed by atoms with E-state index in [-0.39, 0.29) is 21.2 Å². The summed E-state index contributed by atoms with van der Waals surface area (Å²) in [4.78, 5) is 13.9. The van der Waals surface area contributed by atoms with E-state index in [1.807, 2.05) is 0 Å². The fourth-order valence-electron chi connectivity index (χ4n) is 1.49. The first kappa shape index (κ1) is 15.2. The number of pyridine rings is 1. The van der Waals surface area contributed by atoms with Crippen molar-refractivity contribution in [3.63, 3.8) is 0 Å². The molecule has 1 heterocycles. The number of aromatic nitrogens is 1. The number of rotatable bonds is 4. The number of aromatic carboxylic acids is 1. The van der Waals surface area contributed by atoms with Gasteiger partial charge in [-0.3, -0.25) is 4.72 Å². The van der Waals surface area contributed by atoms with E-state index < -0.39 is 21.9 Å². The molecule has 6 nitrogen and oxygen atoms in total. The van der Waals surface area contributed by atoms with Gasteiger partial charge in [-0.15, -0.1) is 0 Å². The highest BCUT2D eigenvalue weighted by Crippen LogP contribution is 2.22. The molecule has 0 aliphatic rings. The Morgan fingerprint density at radius 3 is 2.52 bits per heavy atom. The maximum Gasteiger partial charge on any atom is 0.337 e. The van der Waals surface area contributed by atoms with Crippen LogP contribution in [0, 0.1) is 5.95 Å². The second kappa shape index (κ2) is 5.66. The van der Waals surface area contributed by atoms with Crippen molar-refractivity contribution in [2.24, 2.45) is 0 Å². The quantitative estimate of drug-likeness (QED) is 0.839. The number of sulfonamides is 1. The van der Waals surface area contributed by atoms with Crippen molar-refractivity contribution in [3.8, 4) is 0 Å². The molecule has 0 saturated carbocycles. The number of carboxylic acids is 1. The Kier molecular flexibility index (Phi) is 4.10. The summed E-state index contributed by atoms with van der Waals surface area (Å²) in [5.74, 6) is -2.01. The molecule has 0 spiro atoms. The van der Waals surface area contributed by atoms with Gasteiger partial charge in [0.05, 0.1) is 27.4 Å². The Balaban J connectivity index is 2.33. The predicted octanol–water partition coefficient (Wildman–Crippen LogP) is 2.37. The second-order valence-corrected chi connectivity index (χ2v) is 6.01. The van der Waals surface area contributed by atoms with E-state index in [2.05, 4.69) is 9.71 Å².